The predicted molar refractivity (Wildman–Crippen MR) is 55.4 cm³/mol. The fraction of sp³-hybridized carbons (Fsp3) is 0. The molecule has 0 bridgehead atoms. The highest BCUT2D eigenvalue weighted by Crippen LogP contribution is 2.21. The third-order valence-electron chi connectivity index (χ3n) is 1.95. The number of furan rings is 1. The van der Waals surface area contributed by atoms with Crippen molar-refractivity contribution in [2.24, 2.45) is 0 Å². The fourth-order valence-electron chi connectivity index (χ4n) is 1.22. The molecular weight excluding hydrogens is 213 g/mol. The third kappa shape index (κ3) is 2.03. The first-order chi connectivity index (χ1) is 7.66. The van der Waals surface area contributed by atoms with Crippen LogP contribution in [-0.4, -0.2) is 11.1 Å². The highest BCUT2D eigenvalue weighted by Gasteiger charge is 2.09. The molecule has 2 aromatic rings. The molecule has 0 spiro atoms. The molecule has 1 aromatic carbocycles. The molecule has 0 aliphatic rings. The van der Waals surface area contributed by atoms with Gasteiger partial charge in [0.05, 0.1) is 5.69 Å². The Hall–Kier alpha value is -2.30. The van der Waals surface area contributed by atoms with Gasteiger partial charge in [-0.15, -0.1) is 0 Å². The Labute approximate surface area is 90.3 Å². The van der Waals surface area contributed by atoms with Crippen molar-refractivity contribution in [1.29, 1.82) is 0 Å². The molecule has 0 aliphatic heterocycles. The highest BCUT2D eigenvalue weighted by molar-refractivity contribution is 5.85. The molecule has 5 heteroatoms. The van der Waals surface area contributed by atoms with E-state index >= 15 is 0 Å². The van der Waals surface area contributed by atoms with E-state index < -0.39 is 11.8 Å². The largest absolute Gasteiger partial charge is 0.475 e. The zero-order valence-electron chi connectivity index (χ0n) is 8.11. The van der Waals surface area contributed by atoms with Crippen LogP contribution in [0.2, 0.25) is 0 Å². The van der Waals surface area contributed by atoms with Crippen LogP contribution in [0.25, 0.3) is 0 Å². The molecule has 0 aliphatic carbocycles. The van der Waals surface area contributed by atoms with E-state index in [0.717, 1.165) is 0 Å². The monoisotopic (exact) mass is 221 g/mol. The second-order valence-corrected chi connectivity index (χ2v) is 3.07. The standard InChI is InChI=1S/C11H8FNO3/c12-7-3-1-2-4-8(7)13-10-6-5-9(16-10)11(14)15/h1-6,13H,(H,14,15). The topological polar surface area (TPSA) is 62.5 Å². The minimum absolute atomic E-state index is 0.183. The normalized spacial score (nSPS) is 10.1. The number of rotatable bonds is 3. The average Bonchev–Trinajstić information content (AvgIpc) is 2.70. The molecule has 0 amide bonds. The lowest BCUT2D eigenvalue weighted by Crippen LogP contribution is -1.93. The molecule has 0 saturated heterocycles. The maximum atomic E-state index is 13.2. The number of hydrogen-bond acceptors (Lipinski definition) is 3. The predicted octanol–water partition coefficient (Wildman–Crippen LogP) is 2.86. The van der Waals surface area contributed by atoms with Crippen molar-refractivity contribution in [1.82, 2.24) is 0 Å². The molecule has 2 rings (SSSR count). The average molecular weight is 221 g/mol. The molecule has 16 heavy (non-hydrogen) atoms. The minimum atomic E-state index is -1.17. The molecule has 0 radical (unpaired) electrons. The Kier molecular flexibility index (Phi) is 2.59. The molecule has 82 valence electrons. The number of carboxylic acid groups (broad SMARTS) is 1. The Morgan fingerprint density at radius 2 is 2.00 bits per heavy atom. The van der Waals surface area contributed by atoms with Gasteiger partial charge in [0.15, 0.2) is 5.88 Å². The first kappa shape index (κ1) is 10.2. The quantitative estimate of drug-likeness (QED) is 0.836. The van der Waals surface area contributed by atoms with E-state index in [9.17, 15) is 9.18 Å². The minimum Gasteiger partial charge on any atom is -0.475 e. The maximum absolute atomic E-state index is 13.2. The van der Waals surface area contributed by atoms with Crippen LogP contribution in [0.1, 0.15) is 10.6 Å². The molecule has 0 saturated carbocycles. The number of nitrogens with one attached hydrogen (secondary N) is 1. The summed E-state index contributed by atoms with van der Waals surface area (Å²) >= 11 is 0. The molecular formula is C11H8FNO3. The van der Waals surface area contributed by atoms with Gasteiger partial charge in [0, 0.05) is 6.07 Å². The van der Waals surface area contributed by atoms with E-state index in [-0.39, 0.29) is 17.3 Å². The van der Waals surface area contributed by atoms with Gasteiger partial charge < -0.3 is 14.8 Å². The van der Waals surface area contributed by atoms with Crippen LogP contribution in [-0.2, 0) is 0 Å². The lowest BCUT2D eigenvalue weighted by atomic mass is 10.3. The highest BCUT2D eigenvalue weighted by atomic mass is 19.1. The summed E-state index contributed by atoms with van der Waals surface area (Å²) in [4.78, 5) is 10.5. The van der Waals surface area contributed by atoms with Gasteiger partial charge in [-0.3, -0.25) is 0 Å². The maximum Gasteiger partial charge on any atom is 0.371 e. The zero-order valence-corrected chi connectivity index (χ0v) is 8.11. The number of anilines is 2. The van der Waals surface area contributed by atoms with Crippen molar-refractivity contribution in [2.45, 2.75) is 0 Å². The molecule has 0 atom stereocenters. The van der Waals surface area contributed by atoms with Gasteiger partial charge in [0.2, 0.25) is 5.76 Å². The molecule has 1 heterocycles. The Balaban J connectivity index is 2.21. The van der Waals surface area contributed by atoms with Crippen LogP contribution in [0.3, 0.4) is 0 Å². The SMILES string of the molecule is O=C(O)c1ccc(Nc2ccccc2F)o1. The van der Waals surface area contributed by atoms with Crippen LogP contribution >= 0.6 is 0 Å². The summed E-state index contributed by atoms with van der Waals surface area (Å²) < 4.78 is 18.1. The third-order valence-corrected chi connectivity index (χ3v) is 1.95. The number of halogens is 1. The van der Waals surface area contributed by atoms with Crippen LogP contribution in [0.5, 0.6) is 0 Å². The summed E-state index contributed by atoms with van der Waals surface area (Å²) in [5.74, 6) is -1.61. The Morgan fingerprint density at radius 3 is 2.62 bits per heavy atom. The van der Waals surface area contributed by atoms with Crippen molar-refractivity contribution in [3.63, 3.8) is 0 Å². The van der Waals surface area contributed by atoms with Crippen LogP contribution in [0.4, 0.5) is 16.0 Å². The molecule has 2 N–H and O–H groups in total. The lowest BCUT2D eigenvalue weighted by molar-refractivity contribution is 0.0663. The van der Waals surface area contributed by atoms with Crippen molar-refractivity contribution < 1.29 is 18.7 Å². The number of hydrogen-bond donors (Lipinski definition) is 2. The van der Waals surface area contributed by atoms with Gasteiger partial charge >= 0.3 is 5.97 Å². The van der Waals surface area contributed by atoms with Gasteiger partial charge in [-0.05, 0) is 18.2 Å². The first-order valence-electron chi connectivity index (χ1n) is 4.51. The van der Waals surface area contributed by atoms with Gasteiger partial charge in [-0.2, -0.15) is 0 Å². The van der Waals surface area contributed by atoms with Crippen LogP contribution in [0.15, 0.2) is 40.8 Å². The number of para-hydroxylation sites is 1. The van der Waals surface area contributed by atoms with Gasteiger partial charge in [-0.1, -0.05) is 12.1 Å². The Morgan fingerprint density at radius 1 is 1.25 bits per heavy atom. The van der Waals surface area contributed by atoms with E-state index in [0.29, 0.717) is 0 Å². The van der Waals surface area contributed by atoms with Gasteiger partial charge in [0.25, 0.3) is 0 Å². The lowest BCUT2D eigenvalue weighted by Gasteiger charge is -2.02. The Bertz CT molecular complexity index is 521. The summed E-state index contributed by atoms with van der Waals surface area (Å²) in [5.41, 5.74) is 0.230. The summed E-state index contributed by atoms with van der Waals surface area (Å²) in [6, 6.07) is 8.76. The van der Waals surface area contributed by atoms with Crippen LogP contribution in [0, 0.1) is 5.82 Å². The van der Waals surface area contributed by atoms with Crippen molar-refractivity contribution in [2.75, 3.05) is 5.32 Å². The number of carbonyl (C=O) groups is 1. The molecule has 1 aromatic heterocycles. The van der Waals surface area contributed by atoms with E-state index in [1.54, 1.807) is 12.1 Å². The van der Waals surface area contributed by atoms with Crippen LogP contribution < -0.4 is 5.32 Å². The zero-order chi connectivity index (χ0) is 11.5. The van der Waals surface area contributed by atoms with Gasteiger partial charge in [0.1, 0.15) is 5.82 Å². The number of benzene rings is 1. The van der Waals surface area contributed by atoms with Gasteiger partial charge in [-0.25, -0.2) is 9.18 Å². The first-order valence-corrected chi connectivity index (χ1v) is 4.51. The van der Waals surface area contributed by atoms with E-state index in [1.165, 1.54) is 24.3 Å². The fourth-order valence-corrected chi connectivity index (χ4v) is 1.22. The van der Waals surface area contributed by atoms with E-state index in [4.69, 9.17) is 9.52 Å². The summed E-state index contributed by atoms with van der Waals surface area (Å²) in [6.07, 6.45) is 0. The molecule has 0 unspecified atom stereocenters. The number of aromatic carboxylic acids is 1. The van der Waals surface area contributed by atoms with Crippen molar-refractivity contribution in [3.8, 4) is 0 Å². The van der Waals surface area contributed by atoms with Crippen molar-refractivity contribution >= 4 is 17.5 Å². The second-order valence-electron chi connectivity index (χ2n) is 3.07. The van der Waals surface area contributed by atoms with Crippen molar-refractivity contribution in [3.05, 3.63) is 48.0 Å². The summed E-state index contributed by atoms with van der Waals surface area (Å²) in [6.45, 7) is 0. The smallest absolute Gasteiger partial charge is 0.371 e. The van der Waals surface area contributed by atoms with E-state index in [1.807, 2.05) is 0 Å². The summed E-state index contributed by atoms with van der Waals surface area (Å²) in [7, 11) is 0. The summed E-state index contributed by atoms with van der Waals surface area (Å²) in [5, 5.41) is 11.3. The van der Waals surface area contributed by atoms with E-state index in [2.05, 4.69) is 5.32 Å². The number of carboxylic acids is 1. The molecule has 0 fully saturated rings. The molecule has 4 nitrogen and oxygen atoms in total. The second kappa shape index (κ2) is 4.06.